The van der Waals surface area contributed by atoms with E-state index in [0.29, 0.717) is 35.9 Å². The van der Waals surface area contributed by atoms with Gasteiger partial charge in [-0.2, -0.15) is 4.98 Å². The van der Waals surface area contributed by atoms with Gasteiger partial charge in [-0.25, -0.2) is 13.8 Å². The number of aromatic nitrogens is 4. The highest BCUT2D eigenvalue weighted by Crippen LogP contribution is 2.39. The van der Waals surface area contributed by atoms with Gasteiger partial charge in [0.25, 0.3) is 0 Å². The molecule has 1 aromatic carbocycles. The number of halogens is 2. The van der Waals surface area contributed by atoms with Crippen LogP contribution in [0.1, 0.15) is 37.3 Å². The molecule has 9 nitrogen and oxygen atoms in total. The van der Waals surface area contributed by atoms with Crippen molar-refractivity contribution >= 4 is 22.8 Å². The van der Waals surface area contributed by atoms with Crippen molar-refractivity contribution in [1.29, 1.82) is 0 Å². The highest BCUT2D eigenvalue weighted by molar-refractivity contribution is 5.73. The second kappa shape index (κ2) is 7.82. The third-order valence-corrected chi connectivity index (χ3v) is 6.23. The van der Waals surface area contributed by atoms with Crippen LogP contribution in [-0.4, -0.2) is 38.2 Å². The summed E-state index contributed by atoms with van der Waals surface area (Å²) < 4.78 is 41.1. The minimum Gasteiger partial charge on any atom is -0.486 e. The molecule has 0 radical (unpaired) electrons. The monoisotopic (exact) mass is 459 g/mol. The fourth-order valence-electron chi connectivity index (χ4n) is 4.36. The summed E-state index contributed by atoms with van der Waals surface area (Å²) in [6.45, 7) is 2.82. The molecule has 1 aliphatic carbocycles. The maximum atomic E-state index is 13.7. The van der Waals surface area contributed by atoms with Crippen LogP contribution in [0.5, 0.6) is 11.5 Å². The molecule has 1 fully saturated rings. The van der Waals surface area contributed by atoms with Crippen molar-refractivity contribution in [3.63, 3.8) is 0 Å². The van der Waals surface area contributed by atoms with Gasteiger partial charge in [0.2, 0.25) is 11.9 Å². The number of alkyl halides is 2. The Balaban J connectivity index is 1.58. The van der Waals surface area contributed by atoms with Gasteiger partial charge >= 0.3 is 11.1 Å². The number of nitrogens with one attached hydrogen (secondary N) is 1. The Morgan fingerprint density at radius 2 is 1.76 bits per heavy atom. The summed E-state index contributed by atoms with van der Waals surface area (Å²) in [6, 6.07) is 3.10. The summed E-state index contributed by atoms with van der Waals surface area (Å²) in [7, 11) is 1.47. The van der Waals surface area contributed by atoms with Gasteiger partial charge in [-0.3, -0.25) is 14.2 Å². The molecule has 0 bridgehead atoms. The topological polar surface area (TPSA) is 100 Å². The zero-order valence-electron chi connectivity index (χ0n) is 18.2. The van der Waals surface area contributed by atoms with E-state index in [9.17, 15) is 18.4 Å². The Hall–Kier alpha value is -3.50. The number of hydrogen-bond acceptors (Lipinski definition) is 7. The van der Waals surface area contributed by atoms with Gasteiger partial charge in [-0.05, 0) is 31.4 Å². The predicted molar refractivity (Wildman–Crippen MR) is 117 cm³/mol. The van der Waals surface area contributed by atoms with Crippen molar-refractivity contribution in [3.05, 3.63) is 44.6 Å². The molecule has 1 aliphatic heterocycles. The molecule has 0 atom stereocenters. The van der Waals surface area contributed by atoms with Gasteiger partial charge in [0.1, 0.15) is 18.7 Å². The maximum Gasteiger partial charge on any atom is 0.318 e. The van der Waals surface area contributed by atoms with Gasteiger partial charge < -0.3 is 19.4 Å². The molecule has 5 rings (SSSR count). The molecule has 11 heteroatoms. The van der Waals surface area contributed by atoms with Crippen molar-refractivity contribution in [1.82, 2.24) is 19.1 Å². The third kappa shape index (κ3) is 3.81. The number of fused-ring (bicyclic) bond motifs is 2. The van der Waals surface area contributed by atoms with E-state index >= 15 is 0 Å². The van der Waals surface area contributed by atoms with Crippen LogP contribution in [0.2, 0.25) is 0 Å². The van der Waals surface area contributed by atoms with E-state index in [2.05, 4.69) is 15.3 Å². The molecule has 2 aromatic heterocycles. The Labute approximate surface area is 187 Å². The molecule has 2 aliphatic rings. The molecule has 33 heavy (non-hydrogen) atoms. The quantitative estimate of drug-likeness (QED) is 0.601. The van der Waals surface area contributed by atoms with Gasteiger partial charge in [0, 0.05) is 37.7 Å². The molecular formula is C22H23F2N5O4. The number of anilines is 2. The number of nitrogens with zero attached hydrogens (tertiary/aromatic N) is 4. The molecule has 1 N–H and O–H groups in total. The molecule has 0 spiro atoms. The van der Waals surface area contributed by atoms with Crippen LogP contribution in [0, 0.1) is 6.92 Å². The zero-order valence-corrected chi connectivity index (χ0v) is 18.2. The third-order valence-electron chi connectivity index (χ3n) is 6.23. The molecule has 0 amide bonds. The molecule has 174 valence electrons. The molecule has 1 saturated carbocycles. The van der Waals surface area contributed by atoms with Crippen molar-refractivity contribution in [3.8, 4) is 11.5 Å². The fourth-order valence-corrected chi connectivity index (χ4v) is 4.36. The Morgan fingerprint density at radius 1 is 1.09 bits per heavy atom. The highest BCUT2D eigenvalue weighted by Gasteiger charge is 2.36. The summed E-state index contributed by atoms with van der Waals surface area (Å²) in [5, 5.41) is 3.13. The van der Waals surface area contributed by atoms with Crippen molar-refractivity contribution < 1.29 is 18.3 Å². The lowest BCUT2D eigenvalue weighted by molar-refractivity contribution is -0.0439. The van der Waals surface area contributed by atoms with E-state index in [1.807, 2.05) is 13.0 Å². The average Bonchev–Trinajstić information content (AvgIpc) is 2.79. The van der Waals surface area contributed by atoms with Crippen LogP contribution < -0.4 is 25.9 Å². The minimum absolute atomic E-state index is 0.0865. The predicted octanol–water partition coefficient (Wildman–Crippen LogP) is 3.06. The number of ether oxygens (including phenoxy) is 2. The van der Waals surface area contributed by atoms with Crippen LogP contribution in [0.4, 0.5) is 20.4 Å². The lowest BCUT2D eigenvalue weighted by Gasteiger charge is -2.30. The molecule has 0 saturated heterocycles. The van der Waals surface area contributed by atoms with E-state index in [1.54, 1.807) is 6.07 Å². The Bertz CT molecular complexity index is 1360. The van der Waals surface area contributed by atoms with E-state index < -0.39 is 23.1 Å². The van der Waals surface area contributed by atoms with E-state index in [0.717, 1.165) is 5.56 Å². The lowest BCUT2D eigenvalue weighted by Crippen LogP contribution is -2.43. The second-order valence-electron chi connectivity index (χ2n) is 8.46. The van der Waals surface area contributed by atoms with Gasteiger partial charge in [0.15, 0.2) is 17.1 Å². The van der Waals surface area contributed by atoms with Crippen LogP contribution in [0.15, 0.2) is 27.9 Å². The molecule has 0 unspecified atom stereocenters. The van der Waals surface area contributed by atoms with Crippen LogP contribution in [0.3, 0.4) is 0 Å². The molecular weight excluding hydrogens is 436 g/mol. The summed E-state index contributed by atoms with van der Waals surface area (Å²) in [5.74, 6) is -1.30. The first-order valence-corrected chi connectivity index (χ1v) is 10.8. The number of rotatable bonds is 3. The summed E-state index contributed by atoms with van der Waals surface area (Å²) in [5.41, 5.74) is 0.614. The van der Waals surface area contributed by atoms with Crippen LogP contribution in [-0.2, 0) is 7.05 Å². The smallest absolute Gasteiger partial charge is 0.318 e. The fraction of sp³-hybridized carbons (Fsp3) is 0.455. The summed E-state index contributed by atoms with van der Waals surface area (Å²) in [6.07, 6.45) is 0.944. The van der Waals surface area contributed by atoms with Crippen molar-refractivity contribution in [2.24, 2.45) is 7.05 Å². The SMILES string of the molecule is Cc1cc2c(cc1Nc1ncc3c(n1)n(C1CCC(F)(F)CC1)c(=O)c(=O)n3C)OCCO2. The van der Waals surface area contributed by atoms with E-state index in [4.69, 9.17) is 9.47 Å². The lowest BCUT2D eigenvalue weighted by atomic mass is 9.92. The van der Waals surface area contributed by atoms with E-state index in [1.165, 1.54) is 22.4 Å². The first-order chi connectivity index (χ1) is 15.7. The van der Waals surface area contributed by atoms with Crippen molar-refractivity contribution in [2.75, 3.05) is 18.5 Å². The first-order valence-electron chi connectivity index (χ1n) is 10.8. The largest absolute Gasteiger partial charge is 0.486 e. The van der Waals surface area contributed by atoms with Crippen LogP contribution in [0.25, 0.3) is 11.2 Å². The minimum atomic E-state index is -2.76. The highest BCUT2D eigenvalue weighted by atomic mass is 19.3. The van der Waals surface area contributed by atoms with E-state index in [-0.39, 0.29) is 37.3 Å². The maximum absolute atomic E-state index is 13.7. The van der Waals surface area contributed by atoms with Gasteiger partial charge in [0.05, 0.1) is 6.20 Å². The Morgan fingerprint density at radius 3 is 2.45 bits per heavy atom. The second-order valence-corrected chi connectivity index (χ2v) is 8.46. The normalized spacial score (nSPS) is 17.8. The average molecular weight is 459 g/mol. The first kappa shape index (κ1) is 21.4. The molecule has 3 aromatic rings. The van der Waals surface area contributed by atoms with Gasteiger partial charge in [-0.1, -0.05) is 0 Å². The van der Waals surface area contributed by atoms with Gasteiger partial charge in [-0.15, -0.1) is 0 Å². The summed E-state index contributed by atoms with van der Waals surface area (Å²) >= 11 is 0. The number of benzene rings is 1. The van der Waals surface area contributed by atoms with Crippen molar-refractivity contribution in [2.45, 2.75) is 44.6 Å². The van der Waals surface area contributed by atoms with Crippen LogP contribution >= 0.6 is 0 Å². The zero-order chi connectivity index (χ0) is 23.3. The number of aryl methyl sites for hydroxylation is 2. The number of hydrogen-bond donors (Lipinski definition) is 1. The molecule has 3 heterocycles. The summed E-state index contributed by atoms with van der Waals surface area (Å²) in [4.78, 5) is 34.2. The Kier molecular flexibility index (Phi) is 5.06. The standard InChI is InChI=1S/C22H23F2N5O4/c1-12-9-16-17(33-8-7-32-16)10-14(12)26-21-25-11-15-18(27-21)29(20(31)19(30)28(15)2)13-3-5-22(23,24)6-4-13/h9-11,13H,3-8H2,1-2H3,(H,25,26,27).